The SMILES string of the molecule is Cc1ccc(S(=O)(=O)N[C@H](CC(=O)N/N=C\c2cc(C)n(-c3ccc(-c4ccccc4)cc3)c2C)c2ccccc2)cc1. The maximum absolute atomic E-state index is 13.1. The van der Waals surface area contributed by atoms with Crippen molar-refractivity contribution in [3.63, 3.8) is 0 Å². The van der Waals surface area contributed by atoms with Gasteiger partial charge in [-0.2, -0.15) is 5.10 Å². The van der Waals surface area contributed by atoms with E-state index in [9.17, 15) is 13.2 Å². The minimum atomic E-state index is -3.86. The molecule has 0 aliphatic rings. The molecule has 5 rings (SSSR count). The Labute approximate surface area is 253 Å². The fourth-order valence-corrected chi connectivity index (χ4v) is 6.26. The number of hydrazone groups is 1. The molecule has 0 aliphatic carbocycles. The molecule has 0 spiro atoms. The second-order valence-electron chi connectivity index (χ2n) is 10.5. The normalized spacial score (nSPS) is 12.3. The van der Waals surface area contributed by atoms with Crippen LogP contribution in [0.2, 0.25) is 0 Å². The van der Waals surface area contributed by atoms with Crippen molar-refractivity contribution in [1.29, 1.82) is 0 Å². The number of nitrogens with one attached hydrogen (secondary N) is 2. The topological polar surface area (TPSA) is 92.6 Å². The maximum Gasteiger partial charge on any atom is 0.242 e. The van der Waals surface area contributed by atoms with Crippen molar-refractivity contribution in [2.24, 2.45) is 5.10 Å². The summed E-state index contributed by atoms with van der Waals surface area (Å²) in [5.41, 5.74) is 10.4. The van der Waals surface area contributed by atoms with Gasteiger partial charge < -0.3 is 4.57 Å². The average molecular weight is 591 g/mol. The molecule has 0 aliphatic heterocycles. The minimum absolute atomic E-state index is 0.126. The number of carbonyl (C=O) groups is 1. The number of aryl methyl sites for hydroxylation is 2. The van der Waals surface area contributed by atoms with E-state index in [1.54, 1.807) is 42.6 Å². The first-order valence-electron chi connectivity index (χ1n) is 14.0. The van der Waals surface area contributed by atoms with E-state index in [1.807, 2.05) is 63.2 Å². The molecule has 218 valence electrons. The lowest BCUT2D eigenvalue weighted by Crippen LogP contribution is -2.32. The van der Waals surface area contributed by atoms with Gasteiger partial charge in [0.25, 0.3) is 0 Å². The van der Waals surface area contributed by atoms with Gasteiger partial charge >= 0.3 is 0 Å². The number of hydrogen-bond donors (Lipinski definition) is 2. The highest BCUT2D eigenvalue weighted by Crippen LogP contribution is 2.25. The van der Waals surface area contributed by atoms with E-state index in [1.165, 1.54) is 0 Å². The first-order valence-corrected chi connectivity index (χ1v) is 15.5. The van der Waals surface area contributed by atoms with Gasteiger partial charge in [0.05, 0.1) is 17.2 Å². The highest BCUT2D eigenvalue weighted by molar-refractivity contribution is 7.89. The Morgan fingerprint density at radius 3 is 2.07 bits per heavy atom. The van der Waals surface area contributed by atoms with Crippen molar-refractivity contribution in [2.45, 2.75) is 38.1 Å². The molecule has 8 heteroatoms. The molecule has 4 aromatic carbocycles. The summed E-state index contributed by atoms with van der Waals surface area (Å²) < 4.78 is 31.1. The molecule has 7 nitrogen and oxygen atoms in total. The van der Waals surface area contributed by atoms with Crippen molar-refractivity contribution >= 4 is 22.1 Å². The van der Waals surface area contributed by atoms with Crippen LogP contribution in [-0.2, 0) is 14.8 Å². The van der Waals surface area contributed by atoms with Crippen LogP contribution in [0.3, 0.4) is 0 Å². The van der Waals surface area contributed by atoms with Crippen molar-refractivity contribution < 1.29 is 13.2 Å². The molecule has 1 aromatic heterocycles. The summed E-state index contributed by atoms with van der Waals surface area (Å²) in [6.45, 7) is 5.92. The fraction of sp³-hybridized carbons (Fsp3) is 0.143. The zero-order valence-electron chi connectivity index (χ0n) is 24.4. The Hall–Kier alpha value is -4.79. The third-order valence-corrected chi connectivity index (χ3v) is 8.80. The zero-order chi connectivity index (χ0) is 30.4. The summed E-state index contributed by atoms with van der Waals surface area (Å²) in [6, 6.07) is 35.5. The molecular formula is C35H34N4O3S. The highest BCUT2D eigenvalue weighted by Gasteiger charge is 2.23. The van der Waals surface area contributed by atoms with Crippen LogP contribution in [-0.4, -0.2) is 25.1 Å². The Morgan fingerprint density at radius 2 is 1.42 bits per heavy atom. The van der Waals surface area contributed by atoms with E-state index in [-0.39, 0.29) is 11.3 Å². The number of sulfonamides is 1. The number of benzene rings is 4. The molecule has 0 bridgehead atoms. The van der Waals surface area contributed by atoms with Crippen LogP contribution in [0.4, 0.5) is 0 Å². The van der Waals surface area contributed by atoms with Crippen LogP contribution in [0.25, 0.3) is 16.8 Å². The van der Waals surface area contributed by atoms with Gasteiger partial charge in [-0.1, -0.05) is 90.5 Å². The molecule has 2 N–H and O–H groups in total. The number of carbonyl (C=O) groups excluding carboxylic acids is 1. The molecule has 1 amide bonds. The monoisotopic (exact) mass is 590 g/mol. The lowest BCUT2D eigenvalue weighted by Gasteiger charge is -2.18. The summed E-state index contributed by atoms with van der Waals surface area (Å²) in [6.07, 6.45) is 1.49. The molecule has 0 saturated carbocycles. The molecule has 1 heterocycles. The van der Waals surface area contributed by atoms with Crippen molar-refractivity contribution in [2.75, 3.05) is 0 Å². The van der Waals surface area contributed by atoms with Crippen molar-refractivity contribution in [3.05, 3.63) is 143 Å². The second kappa shape index (κ2) is 13.0. The number of amides is 1. The zero-order valence-corrected chi connectivity index (χ0v) is 25.2. The number of hydrogen-bond acceptors (Lipinski definition) is 4. The number of aromatic nitrogens is 1. The second-order valence-corrected chi connectivity index (χ2v) is 12.2. The van der Waals surface area contributed by atoms with Gasteiger partial charge in [0.15, 0.2) is 0 Å². The molecule has 0 radical (unpaired) electrons. The third kappa shape index (κ3) is 7.17. The summed E-state index contributed by atoms with van der Waals surface area (Å²) in [4.78, 5) is 13.1. The standard InChI is InChI=1S/C35H34N4O3S/c1-25-14-20-33(21-15-25)43(41,42)38-34(30-12-8-5-9-13-30)23-35(40)37-36-24-31-22-26(2)39(27(31)3)32-18-16-29(17-19-32)28-10-6-4-7-11-28/h4-22,24,34,38H,23H2,1-3H3,(H,37,40)/b36-24-/t34-/m1/s1. The average Bonchev–Trinajstić information content (AvgIpc) is 3.30. The van der Waals surface area contributed by atoms with Gasteiger partial charge in [-0.25, -0.2) is 18.6 Å². The molecule has 43 heavy (non-hydrogen) atoms. The fourth-order valence-electron chi connectivity index (χ4n) is 5.04. The highest BCUT2D eigenvalue weighted by atomic mass is 32.2. The Morgan fingerprint density at radius 1 is 0.814 bits per heavy atom. The Kier molecular flexibility index (Phi) is 8.99. The summed E-state index contributed by atoms with van der Waals surface area (Å²) in [7, 11) is -3.86. The van der Waals surface area contributed by atoms with Gasteiger partial charge in [0.2, 0.25) is 15.9 Å². The van der Waals surface area contributed by atoms with Crippen LogP contribution in [0, 0.1) is 20.8 Å². The van der Waals surface area contributed by atoms with Gasteiger partial charge in [0.1, 0.15) is 0 Å². The first kappa shape index (κ1) is 29.7. The molecule has 5 aromatic rings. The van der Waals surface area contributed by atoms with Gasteiger partial charge in [0, 0.05) is 29.1 Å². The van der Waals surface area contributed by atoms with E-state index >= 15 is 0 Å². The summed E-state index contributed by atoms with van der Waals surface area (Å²) in [5, 5.41) is 4.20. The Bertz CT molecular complexity index is 1830. The minimum Gasteiger partial charge on any atom is -0.318 e. The van der Waals surface area contributed by atoms with Crippen LogP contribution in [0.5, 0.6) is 0 Å². The molecule has 0 saturated heterocycles. The van der Waals surface area contributed by atoms with Crippen molar-refractivity contribution in [1.82, 2.24) is 14.7 Å². The lowest BCUT2D eigenvalue weighted by atomic mass is 10.0. The van der Waals surface area contributed by atoms with E-state index in [0.717, 1.165) is 39.3 Å². The molecule has 1 atom stereocenters. The van der Waals surface area contributed by atoms with E-state index in [4.69, 9.17) is 0 Å². The largest absolute Gasteiger partial charge is 0.318 e. The van der Waals surface area contributed by atoms with Crippen LogP contribution < -0.4 is 10.1 Å². The van der Waals surface area contributed by atoms with E-state index in [2.05, 4.69) is 56.2 Å². The predicted octanol–water partition coefficient (Wildman–Crippen LogP) is 6.63. The number of nitrogens with zero attached hydrogens (tertiary/aromatic N) is 2. The van der Waals surface area contributed by atoms with Crippen LogP contribution in [0.1, 0.15) is 40.5 Å². The van der Waals surface area contributed by atoms with Gasteiger partial charge in [-0.15, -0.1) is 0 Å². The predicted molar refractivity (Wildman–Crippen MR) is 172 cm³/mol. The van der Waals surface area contributed by atoms with Gasteiger partial charge in [-0.3, -0.25) is 4.79 Å². The van der Waals surface area contributed by atoms with E-state index < -0.39 is 22.0 Å². The number of rotatable bonds is 10. The molecule has 0 fully saturated rings. The Balaban J connectivity index is 1.28. The molecule has 0 unspecified atom stereocenters. The first-order chi connectivity index (χ1) is 20.7. The summed E-state index contributed by atoms with van der Waals surface area (Å²) >= 11 is 0. The third-order valence-electron chi connectivity index (χ3n) is 7.32. The van der Waals surface area contributed by atoms with Crippen molar-refractivity contribution in [3.8, 4) is 16.8 Å². The quantitative estimate of drug-likeness (QED) is 0.141. The van der Waals surface area contributed by atoms with Crippen LogP contribution >= 0.6 is 0 Å². The van der Waals surface area contributed by atoms with Crippen LogP contribution in [0.15, 0.2) is 125 Å². The maximum atomic E-state index is 13.1. The van der Waals surface area contributed by atoms with E-state index in [0.29, 0.717) is 5.56 Å². The summed E-state index contributed by atoms with van der Waals surface area (Å²) in [5.74, 6) is -0.415. The van der Waals surface area contributed by atoms with Gasteiger partial charge in [-0.05, 0) is 67.8 Å². The molecular weight excluding hydrogens is 556 g/mol. The lowest BCUT2D eigenvalue weighted by molar-refractivity contribution is -0.121. The smallest absolute Gasteiger partial charge is 0.242 e.